The molecule has 0 aromatic heterocycles. The van der Waals surface area contributed by atoms with Crippen LogP contribution in [0.15, 0.2) is 0 Å². The van der Waals surface area contributed by atoms with Gasteiger partial charge in [0.15, 0.2) is 0 Å². The second kappa shape index (κ2) is 7.07. The summed E-state index contributed by atoms with van der Waals surface area (Å²) in [4.78, 5) is 11.8. The van der Waals surface area contributed by atoms with E-state index in [-0.39, 0.29) is 17.9 Å². The molecule has 1 amide bonds. The van der Waals surface area contributed by atoms with Crippen molar-refractivity contribution in [2.45, 2.75) is 51.0 Å². The highest BCUT2D eigenvalue weighted by molar-refractivity contribution is 7.86. The first-order valence-electron chi connectivity index (χ1n) is 7.91. The summed E-state index contributed by atoms with van der Waals surface area (Å²) in [6.45, 7) is 0.825. The minimum absolute atomic E-state index is 0.0600. The highest BCUT2D eigenvalue weighted by atomic mass is 32.2. The molecule has 21 heavy (non-hydrogen) atoms. The van der Waals surface area contributed by atoms with Crippen molar-refractivity contribution in [2.75, 3.05) is 27.2 Å². The van der Waals surface area contributed by atoms with Crippen LogP contribution in [-0.4, -0.2) is 56.2 Å². The van der Waals surface area contributed by atoms with E-state index in [1.807, 2.05) is 0 Å². The van der Waals surface area contributed by atoms with Crippen molar-refractivity contribution in [3.63, 3.8) is 0 Å². The summed E-state index contributed by atoms with van der Waals surface area (Å²) >= 11 is 0. The van der Waals surface area contributed by atoms with Crippen molar-refractivity contribution >= 4 is 16.1 Å². The van der Waals surface area contributed by atoms with E-state index in [1.54, 1.807) is 18.4 Å². The SMILES string of the molecule is CNC(=O)C1CCCN(S(=O)(=O)N(C)C2CCCCC2)C1. The zero-order valence-corrected chi connectivity index (χ0v) is 13.9. The maximum Gasteiger partial charge on any atom is 0.281 e. The summed E-state index contributed by atoms with van der Waals surface area (Å²) in [5, 5.41) is 2.63. The number of nitrogens with zero attached hydrogens (tertiary/aromatic N) is 2. The first-order chi connectivity index (χ1) is 9.96. The van der Waals surface area contributed by atoms with Crippen molar-refractivity contribution in [1.82, 2.24) is 13.9 Å². The lowest BCUT2D eigenvalue weighted by Gasteiger charge is -2.37. The molecule has 1 saturated carbocycles. The number of hydrogen-bond acceptors (Lipinski definition) is 3. The van der Waals surface area contributed by atoms with Crippen molar-refractivity contribution in [1.29, 1.82) is 0 Å². The van der Waals surface area contributed by atoms with Gasteiger partial charge in [0.25, 0.3) is 10.2 Å². The van der Waals surface area contributed by atoms with Gasteiger partial charge in [-0.1, -0.05) is 19.3 Å². The van der Waals surface area contributed by atoms with Crippen LogP contribution in [0.2, 0.25) is 0 Å². The standard InChI is InChI=1S/C14H27N3O3S/c1-15-14(18)12-7-6-10-17(11-12)21(19,20)16(2)13-8-4-3-5-9-13/h12-13H,3-11H2,1-2H3,(H,15,18). The van der Waals surface area contributed by atoms with Crippen LogP contribution in [0.3, 0.4) is 0 Å². The minimum atomic E-state index is -3.45. The molecule has 1 saturated heterocycles. The van der Waals surface area contributed by atoms with Crippen LogP contribution in [0.4, 0.5) is 0 Å². The summed E-state index contributed by atoms with van der Waals surface area (Å²) in [7, 11) is -0.159. The number of carbonyl (C=O) groups excluding carboxylic acids is 1. The van der Waals surface area contributed by atoms with Crippen molar-refractivity contribution in [2.24, 2.45) is 5.92 Å². The molecule has 0 bridgehead atoms. The average molecular weight is 317 g/mol. The van der Waals surface area contributed by atoms with Gasteiger partial charge in [0.1, 0.15) is 0 Å². The van der Waals surface area contributed by atoms with Crippen molar-refractivity contribution in [3.8, 4) is 0 Å². The van der Waals surface area contributed by atoms with Crippen LogP contribution < -0.4 is 5.32 Å². The van der Waals surface area contributed by atoms with Crippen molar-refractivity contribution in [3.05, 3.63) is 0 Å². The van der Waals surface area contributed by atoms with E-state index in [2.05, 4.69) is 5.32 Å². The van der Waals surface area contributed by atoms with Gasteiger partial charge in [-0.05, 0) is 25.7 Å². The molecule has 2 fully saturated rings. The fourth-order valence-corrected chi connectivity index (χ4v) is 5.07. The third kappa shape index (κ3) is 3.76. The van der Waals surface area contributed by atoms with Gasteiger partial charge in [0.05, 0.1) is 5.92 Å². The zero-order valence-electron chi connectivity index (χ0n) is 13.0. The van der Waals surface area contributed by atoms with E-state index in [1.165, 1.54) is 10.7 Å². The number of hydrogen-bond donors (Lipinski definition) is 1. The van der Waals surface area contributed by atoms with E-state index >= 15 is 0 Å². The molecular weight excluding hydrogens is 290 g/mol. The first kappa shape index (κ1) is 16.7. The van der Waals surface area contributed by atoms with Crippen LogP contribution in [0, 0.1) is 5.92 Å². The topological polar surface area (TPSA) is 69.7 Å². The summed E-state index contributed by atoms with van der Waals surface area (Å²) in [5.41, 5.74) is 0. The van der Waals surface area contributed by atoms with Gasteiger partial charge in [-0.25, -0.2) is 0 Å². The summed E-state index contributed by atoms with van der Waals surface area (Å²) in [5.74, 6) is -0.284. The Morgan fingerprint density at radius 2 is 1.81 bits per heavy atom. The molecule has 2 rings (SSSR count). The molecule has 7 heteroatoms. The number of amides is 1. The Kier molecular flexibility index (Phi) is 5.62. The van der Waals surface area contributed by atoms with Gasteiger partial charge in [-0.2, -0.15) is 17.0 Å². The third-order valence-electron chi connectivity index (χ3n) is 4.78. The van der Waals surface area contributed by atoms with E-state index in [0.29, 0.717) is 13.1 Å². The monoisotopic (exact) mass is 317 g/mol. The highest BCUT2D eigenvalue weighted by Crippen LogP contribution is 2.27. The molecule has 122 valence electrons. The second-order valence-electron chi connectivity index (χ2n) is 6.13. The normalized spacial score (nSPS) is 26.0. The molecule has 1 N–H and O–H groups in total. The van der Waals surface area contributed by atoms with Gasteiger partial charge in [0, 0.05) is 33.2 Å². The third-order valence-corrected chi connectivity index (χ3v) is 6.79. The van der Waals surface area contributed by atoms with Crippen LogP contribution in [0.25, 0.3) is 0 Å². The Morgan fingerprint density at radius 3 is 2.43 bits per heavy atom. The quantitative estimate of drug-likeness (QED) is 0.839. The number of carbonyl (C=O) groups is 1. The average Bonchev–Trinajstić information content (AvgIpc) is 2.54. The molecule has 1 atom stereocenters. The van der Waals surface area contributed by atoms with Gasteiger partial charge >= 0.3 is 0 Å². The number of rotatable bonds is 4. The molecule has 0 spiro atoms. The smallest absolute Gasteiger partial charge is 0.281 e. The highest BCUT2D eigenvalue weighted by Gasteiger charge is 2.36. The fraction of sp³-hybridized carbons (Fsp3) is 0.929. The summed E-state index contributed by atoms with van der Waals surface area (Å²) < 4.78 is 28.6. The van der Waals surface area contributed by atoms with Crippen molar-refractivity contribution < 1.29 is 13.2 Å². The van der Waals surface area contributed by atoms with E-state index in [9.17, 15) is 13.2 Å². The number of nitrogens with one attached hydrogen (secondary N) is 1. The molecule has 2 aliphatic rings. The maximum absolute atomic E-state index is 12.8. The Hall–Kier alpha value is -0.660. The van der Waals surface area contributed by atoms with Gasteiger partial charge < -0.3 is 5.32 Å². The predicted octanol–water partition coefficient (Wildman–Crippen LogP) is 0.954. The summed E-state index contributed by atoms with van der Waals surface area (Å²) in [6, 6.07) is 0.115. The lowest BCUT2D eigenvalue weighted by molar-refractivity contribution is -0.125. The van der Waals surface area contributed by atoms with E-state index in [0.717, 1.165) is 38.5 Å². The van der Waals surface area contributed by atoms with Crippen LogP contribution in [-0.2, 0) is 15.0 Å². The van der Waals surface area contributed by atoms with Gasteiger partial charge in [-0.15, -0.1) is 0 Å². The lowest BCUT2D eigenvalue weighted by atomic mass is 9.96. The predicted molar refractivity (Wildman–Crippen MR) is 81.9 cm³/mol. The molecule has 0 aromatic rings. The molecular formula is C14H27N3O3S. The zero-order chi connectivity index (χ0) is 15.5. The van der Waals surface area contributed by atoms with E-state index < -0.39 is 10.2 Å². The summed E-state index contributed by atoms with van der Waals surface area (Å²) in [6.07, 6.45) is 6.81. The second-order valence-corrected chi connectivity index (χ2v) is 8.12. The largest absolute Gasteiger partial charge is 0.359 e. The van der Waals surface area contributed by atoms with Crippen LogP contribution >= 0.6 is 0 Å². The Balaban J connectivity index is 2.05. The molecule has 1 unspecified atom stereocenters. The molecule has 0 radical (unpaired) electrons. The Labute approximate surface area is 128 Å². The van der Waals surface area contributed by atoms with E-state index in [4.69, 9.17) is 0 Å². The molecule has 1 heterocycles. The van der Waals surface area contributed by atoms with Crippen LogP contribution in [0.1, 0.15) is 44.9 Å². The first-order valence-corrected chi connectivity index (χ1v) is 9.31. The molecule has 6 nitrogen and oxygen atoms in total. The maximum atomic E-state index is 12.8. The fourth-order valence-electron chi connectivity index (χ4n) is 3.39. The van der Waals surface area contributed by atoms with Gasteiger partial charge in [0.2, 0.25) is 5.91 Å². The Bertz CT molecular complexity index is 460. The van der Waals surface area contributed by atoms with Crippen LogP contribution in [0.5, 0.6) is 0 Å². The molecule has 1 aliphatic heterocycles. The molecule has 1 aliphatic carbocycles. The lowest BCUT2D eigenvalue weighted by Crippen LogP contribution is -2.51. The minimum Gasteiger partial charge on any atom is -0.359 e. The van der Waals surface area contributed by atoms with Gasteiger partial charge in [-0.3, -0.25) is 4.79 Å². The Morgan fingerprint density at radius 1 is 1.14 bits per heavy atom. The number of piperidine rings is 1. The molecule has 0 aromatic carbocycles.